The second kappa shape index (κ2) is 6.23. The average molecular weight is 303 g/mol. The lowest BCUT2D eigenvalue weighted by atomic mass is 10.1. The van der Waals surface area contributed by atoms with E-state index >= 15 is 0 Å². The van der Waals surface area contributed by atoms with Gasteiger partial charge in [0.05, 0.1) is 24.3 Å². The van der Waals surface area contributed by atoms with Crippen LogP contribution in [0.25, 0.3) is 0 Å². The molecule has 0 unspecified atom stereocenters. The van der Waals surface area contributed by atoms with Crippen LogP contribution in [0.15, 0.2) is 35.3 Å². The van der Waals surface area contributed by atoms with Gasteiger partial charge in [-0.2, -0.15) is 5.10 Å². The molecule has 0 radical (unpaired) electrons. The zero-order chi connectivity index (χ0) is 15.5. The minimum absolute atomic E-state index is 0.0827. The Labute approximate surface area is 129 Å². The van der Waals surface area contributed by atoms with Crippen LogP contribution in [0, 0.1) is 0 Å². The van der Waals surface area contributed by atoms with E-state index in [4.69, 9.17) is 4.42 Å². The van der Waals surface area contributed by atoms with E-state index in [1.807, 2.05) is 23.0 Å². The highest BCUT2D eigenvalue weighted by Gasteiger charge is 2.26. The molecule has 0 bridgehead atoms. The van der Waals surface area contributed by atoms with E-state index in [9.17, 15) is 4.79 Å². The predicted molar refractivity (Wildman–Crippen MR) is 81.2 cm³/mol. The van der Waals surface area contributed by atoms with E-state index in [-0.39, 0.29) is 12.1 Å². The SMILES string of the molecule is CN(C)C(=O)NC[C@@H]1CN(Cc2ccoc2)Cc2ccnn21. The number of carbonyl (C=O) groups excluding carboxylic acids is 1. The number of furan rings is 1. The van der Waals surface area contributed by atoms with E-state index in [0.29, 0.717) is 6.54 Å². The van der Waals surface area contributed by atoms with Gasteiger partial charge < -0.3 is 14.6 Å². The quantitative estimate of drug-likeness (QED) is 0.924. The Morgan fingerprint density at radius 3 is 3.09 bits per heavy atom. The lowest BCUT2D eigenvalue weighted by Crippen LogP contribution is -2.44. The molecule has 1 aliphatic rings. The summed E-state index contributed by atoms with van der Waals surface area (Å²) in [6.45, 7) is 3.09. The smallest absolute Gasteiger partial charge is 0.316 e. The molecule has 0 spiro atoms. The van der Waals surface area contributed by atoms with E-state index in [2.05, 4.69) is 15.3 Å². The van der Waals surface area contributed by atoms with Gasteiger partial charge in [-0.3, -0.25) is 9.58 Å². The number of carbonyl (C=O) groups is 1. The minimum atomic E-state index is -0.0827. The van der Waals surface area contributed by atoms with Crippen LogP contribution in [0.2, 0.25) is 0 Å². The van der Waals surface area contributed by atoms with Gasteiger partial charge in [-0.05, 0) is 12.1 Å². The number of nitrogens with zero attached hydrogens (tertiary/aromatic N) is 4. The molecule has 0 aliphatic carbocycles. The fraction of sp³-hybridized carbons (Fsp3) is 0.467. The van der Waals surface area contributed by atoms with Crippen molar-refractivity contribution in [2.24, 2.45) is 0 Å². The highest BCUT2D eigenvalue weighted by Crippen LogP contribution is 2.21. The van der Waals surface area contributed by atoms with E-state index in [0.717, 1.165) is 25.2 Å². The molecule has 0 saturated carbocycles. The summed E-state index contributed by atoms with van der Waals surface area (Å²) < 4.78 is 7.15. The van der Waals surface area contributed by atoms with Gasteiger partial charge >= 0.3 is 6.03 Å². The van der Waals surface area contributed by atoms with Crippen molar-refractivity contribution >= 4 is 6.03 Å². The van der Waals surface area contributed by atoms with Crippen molar-refractivity contribution < 1.29 is 9.21 Å². The minimum Gasteiger partial charge on any atom is -0.472 e. The highest BCUT2D eigenvalue weighted by molar-refractivity contribution is 5.73. The molecule has 2 aromatic heterocycles. The first-order chi connectivity index (χ1) is 10.6. The first-order valence-corrected chi connectivity index (χ1v) is 7.34. The van der Waals surface area contributed by atoms with Gasteiger partial charge in [0.25, 0.3) is 0 Å². The number of hydrogen-bond donors (Lipinski definition) is 1. The number of fused-ring (bicyclic) bond motifs is 1. The molecule has 1 N–H and O–H groups in total. The van der Waals surface area contributed by atoms with E-state index in [1.54, 1.807) is 26.6 Å². The van der Waals surface area contributed by atoms with Crippen LogP contribution in [0.1, 0.15) is 17.3 Å². The average Bonchev–Trinajstić information content (AvgIpc) is 3.15. The third kappa shape index (κ3) is 3.14. The number of hydrogen-bond acceptors (Lipinski definition) is 4. The summed E-state index contributed by atoms with van der Waals surface area (Å²) in [6.07, 6.45) is 5.28. The summed E-state index contributed by atoms with van der Waals surface area (Å²) in [5.74, 6) is 0. The summed E-state index contributed by atoms with van der Waals surface area (Å²) in [5.41, 5.74) is 2.32. The Bertz CT molecular complexity index is 620. The number of rotatable bonds is 4. The van der Waals surface area contributed by atoms with Crippen molar-refractivity contribution in [1.82, 2.24) is 24.9 Å². The van der Waals surface area contributed by atoms with Crippen LogP contribution in [0.3, 0.4) is 0 Å². The van der Waals surface area contributed by atoms with Crippen molar-refractivity contribution in [2.75, 3.05) is 27.2 Å². The van der Waals surface area contributed by atoms with E-state index < -0.39 is 0 Å². The maximum Gasteiger partial charge on any atom is 0.316 e. The zero-order valence-corrected chi connectivity index (χ0v) is 12.9. The molecule has 2 aromatic rings. The lowest BCUT2D eigenvalue weighted by molar-refractivity contribution is 0.162. The summed E-state index contributed by atoms with van der Waals surface area (Å²) in [5, 5.41) is 7.34. The molecular formula is C15H21N5O2. The number of nitrogens with one attached hydrogen (secondary N) is 1. The van der Waals surface area contributed by atoms with Crippen LogP contribution in [0.5, 0.6) is 0 Å². The van der Waals surface area contributed by atoms with Gasteiger partial charge in [-0.1, -0.05) is 0 Å². The first-order valence-electron chi connectivity index (χ1n) is 7.34. The van der Waals surface area contributed by atoms with Crippen molar-refractivity contribution in [3.8, 4) is 0 Å². The third-order valence-electron chi connectivity index (χ3n) is 3.83. The number of amides is 2. The van der Waals surface area contributed by atoms with Crippen LogP contribution >= 0.6 is 0 Å². The predicted octanol–water partition coefficient (Wildman–Crippen LogP) is 1.30. The maximum absolute atomic E-state index is 11.7. The lowest BCUT2D eigenvalue weighted by Gasteiger charge is -2.34. The second-order valence-corrected chi connectivity index (χ2v) is 5.80. The van der Waals surface area contributed by atoms with Crippen LogP contribution in [-0.2, 0) is 13.1 Å². The summed E-state index contributed by atoms with van der Waals surface area (Å²) in [6, 6.07) is 4.06. The molecule has 22 heavy (non-hydrogen) atoms. The normalized spacial score (nSPS) is 18.0. The molecule has 7 nitrogen and oxygen atoms in total. The van der Waals surface area contributed by atoms with Crippen LogP contribution in [0.4, 0.5) is 4.79 Å². The fourth-order valence-corrected chi connectivity index (χ4v) is 2.74. The van der Waals surface area contributed by atoms with Crippen LogP contribution in [-0.4, -0.2) is 52.8 Å². The third-order valence-corrected chi connectivity index (χ3v) is 3.83. The molecule has 7 heteroatoms. The van der Waals surface area contributed by atoms with Gasteiger partial charge in [0, 0.05) is 52.0 Å². The standard InChI is InChI=1S/C15H21N5O2/c1-18(2)15(21)16-7-14-10-19(8-12-4-6-22-11-12)9-13-3-5-17-20(13)14/h3-6,11,14H,7-10H2,1-2H3,(H,16,21)/t14-/m1/s1. The van der Waals surface area contributed by atoms with Crippen molar-refractivity contribution in [3.63, 3.8) is 0 Å². The molecule has 118 valence electrons. The summed E-state index contributed by atoms with van der Waals surface area (Å²) in [7, 11) is 3.47. The number of aromatic nitrogens is 2. The molecule has 3 rings (SSSR count). The summed E-state index contributed by atoms with van der Waals surface area (Å²) in [4.78, 5) is 15.6. The fourth-order valence-electron chi connectivity index (χ4n) is 2.74. The van der Waals surface area contributed by atoms with Gasteiger partial charge in [-0.25, -0.2) is 4.79 Å². The molecular weight excluding hydrogens is 282 g/mol. The molecule has 2 amide bonds. The number of urea groups is 1. The Morgan fingerprint density at radius 1 is 1.50 bits per heavy atom. The second-order valence-electron chi connectivity index (χ2n) is 5.80. The van der Waals surface area contributed by atoms with E-state index in [1.165, 1.54) is 10.6 Å². The van der Waals surface area contributed by atoms with Gasteiger partial charge in [0.15, 0.2) is 0 Å². The molecule has 0 saturated heterocycles. The summed E-state index contributed by atoms with van der Waals surface area (Å²) >= 11 is 0. The molecule has 1 atom stereocenters. The van der Waals surface area contributed by atoms with Gasteiger partial charge in [0.1, 0.15) is 0 Å². The van der Waals surface area contributed by atoms with Crippen LogP contribution < -0.4 is 5.32 Å². The Hall–Kier alpha value is -2.28. The first kappa shape index (κ1) is 14.6. The maximum atomic E-state index is 11.7. The van der Waals surface area contributed by atoms with Crippen molar-refractivity contribution in [3.05, 3.63) is 42.1 Å². The van der Waals surface area contributed by atoms with Crippen molar-refractivity contribution in [2.45, 2.75) is 19.1 Å². The monoisotopic (exact) mass is 303 g/mol. The molecule has 3 heterocycles. The molecule has 0 fully saturated rings. The highest BCUT2D eigenvalue weighted by atomic mass is 16.3. The van der Waals surface area contributed by atoms with Crippen molar-refractivity contribution in [1.29, 1.82) is 0 Å². The van der Waals surface area contributed by atoms with Gasteiger partial charge in [0.2, 0.25) is 0 Å². The molecule has 1 aliphatic heterocycles. The topological polar surface area (TPSA) is 66.5 Å². The Balaban J connectivity index is 1.68. The largest absolute Gasteiger partial charge is 0.472 e. The Morgan fingerprint density at radius 2 is 2.36 bits per heavy atom. The zero-order valence-electron chi connectivity index (χ0n) is 12.9. The Kier molecular flexibility index (Phi) is 4.15. The molecule has 0 aromatic carbocycles. The van der Waals surface area contributed by atoms with Gasteiger partial charge in [-0.15, -0.1) is 0 Å².